The maximum absolute atomic E-state index is 8.97. The van der Waals surface area contributed by atoms with E-state index in [1.807, 2.05) is 41.2 Å². The van der Waals surface area contributed by atoms with Gasteiger partial charge in [-0.1, -0.05) is 29.3 Å². The fourth-order valence-corrected chi connectivity index (χ4v) is 2.50. The molecule has 1 aromatic carbocycles. The average molecular weight is 332 g/mol. The van der Waals surface area contributed by atoms with Crippen molar-refractivity contribution in [3.63, 3.8) is 0 Å². The lowest BCUT2D eigenvalue weighted by Gasteiger charge is -2.04. The average Bonchev–Trinajstić information content (AvgIpc) is 3.16. The Morgan fingerprint density at radius 1 is 1.18 bits per heavy atom. The molecule has 0 aliphatic heterocycles. The molecule has 22 heavy (non-hydrogen) atoms. The van der Waals surface area contributed by atoms with E-state index in [0.29, 0.717) is 21.4 Å². The summed E-state index contributed by atoms with van der Waals surface area (Å²) in [5.74, 6) is 0. The molecule has 3 aromatic rings. The zero-order valence-electron chi connectivity index (χ0n) is 11.4. The molecule has 7 heteroatoms. The number of nitriles is 1. The molecule has 0 unspecified atom stereocenters. The van der Waals surface area contributed by atoms with E-state index in [9.17, 15) is 0 Å². The first-order valence-electron chi connectivity index (χ1n) is 6.58. The highest BCUT2D eigenvalue weighted by atomic mass is 35.5. The van der Waals surface area contributed by atoms with E-state index in [0.717, 1.165) is 24.1 Å². The molecular formula is C15H11Cl2N5. The molecule has 0 fully saturated rings. The maximum atomic E-state index is 8.97. The van der Waals surface area contributed by atoms with Gasteiger partial charge in [0.05, 0.1) is 10.0 Å². The summed E-state index contributed by atoms with van der Waals surface area (Å²) in [4.78, 5) is 0. The number of halogens is 2. The van der Waals surface area contributed by atoms with Gasteiger partial charge in [0.25, 0.3) is 0 Å². The second-order valence-electron chi connectivity index (χ2n) is 4.77. The van der Waals surface area contributed by atoms with Crippen molar-refractivity contribution < 1.29 is 0 Å². The zero-order valence-corrected chi connectivity index (χ0v) is 12.9. The molecule has 2 heterocycles. The Morgan fingerprint density at radius 2 is 2.05 bits per heavy atom. The van der Waals surface area contributed by atoms with Gasteiger partial charge >= 0.3 is 0 Å². The number of benzene rings is 1. The van der Waals surface area contributed by atoms with Gasteiger partial charge in [-0.05, 0) is 30.2 Å². The maximum Gasteiger partial charge on any atom is 0.190 e. The van der Waals surface area contributed by atoms with E-state index < -0.39 is 0 Å². The lowest BCUT2D eigenvalue weighted by atomic mass is 10.1. The molecule has 0 radical (unpaired) electrons. The van der Waals surface area contributed by atoms with Gasteiger partial charge < -0.3 is 4.57 Å². The van der Waals surface area contributed by atoms with Crippen LogP contribution in [0.1, 0.15) is 11.3 Å². The number of H-pyrrole nitrogens is 1. The molecule has 0 atom stereocenters. The van der Waals surface area contributed by atoms with E-state index >= 15 is 0 Å². The van der Waals surface area contributed by atoms with E-state index in [4.69, 9.17) is 28.5 Å². The first-order valence-corrected chi connectivity index (χ1v) is 7.34. The highest BCUT2D eigenvalue weighted by Crippen LogP contribution is 2.23. The lowest BCUT2D eigenvalue weighted by Crippen LogP contribution is -1.98. The molecule has 0 amide bonds. The van der Waals surface area contributed by atoms with Gasteiger partial charge in [0, 0.05) is 24.5 Å². The number of aryl methyl sites for hydroxylation is 2. The summed E-state index contributed by atoms with van der Waals surface area (Å²) in [6.07, 6.45) is 4.72. The minimum atomic E-state index is 0.294. The summed E-state index contributed by atoms with van der Waals surface area (Å²) in [5.41, 5.74) is 2.83. The van der Waals surface area contributed by atoms with Gasteiger partial charge in [-0.25, -0.2) is 0 Å². The largest absolute Gasteiger partial charge is 0.353 e. The third-order valence-electron chi connectivity index (χ3n) is 3.32. The Hall–Kier alpha value is -2.29. The fourth-order valence-electron chi connectivity index (χ4n) is 2.18. The number of hydrogen-bond donors (Lipinski definition) is 1. The van der Waals surface area contributed by atoms with Gasteiger partial charge in [-0.3, -0.25) is 0 Å². The van der Waals surface area contributed by atoms with Crippen LogP contribution in [-0.4, -0.2) is 20.0 Å². The van der Waals surface area contributed by atoms with Crippen molar-refractivity contribution in [2.75, 3.05) is 0 Å². The molecule has 0 saturated carbocycles. The Labute approximate surface area is 137 Å². The van der Waals surface area contributed by atoms with Crippen molar-refractivity contribution in [3.05, 3.63) is 58.0 Å². The van der Waals surface area contributed by atoms with Gasteiger partial charge in [0.2, 0.25) is 0 Å². The Balaban J connectivity index is 1.72. The molecule has 0 spiro atoms. The zero-order chi connectivity index (χ0) is 15.5. The van der Waals surface area contributed by atoms with Crippen molar-refractivity contribution in [3.8, 4) is 17.3 Å². The standard InChI is InChI=1S/C15H11Cl2N5/c16-12-2-1-10(7-13(12)17)3-5-22-6-4-11(9-22)15-14(8-18)19-21-20-15/h1-2,4,6-7,9H,3,5H2,(H,19,20,21). The molecular weight excluding hydrogens is 321 g/mol. The number of nitrogens with zero attached hydrogens (tertiary/aromatic N) is 4. The monoisotopic (exact) mass is 331 g/mol. The van der Waals surface area contributed by atoms with Crippen molar-refractivity contribution in [2.24, 2.45) is 0 Å². The molecule has 110 valence electrons. The lowest BCUT2D eigenvalue weighted by molar-refractivity contribution is 0.701. The van der Waals surface area contributed by atoms with Crippen LogP contribution in [0.2, 0.25) is 10.0 Å². The summed E-state index contributed by atoms with van der Waals surface area (Å²) >= 11 is 11.9. The minimum absolute atomic E-state index is 0.294. The summed E-state index contributed by atoms with van der Waals surface area (Å²) in [6, 6.07) is 9.56. The minimum Gasteiger partial charge on any atom is -0.353 e. The molecule has 2 aromatic heterocycles. The highest BCUT2D eigenvalue weighted by molar-refractivity contribution is 6.42. The third kappa shape index (κ3) is 2.98. The van der Waals surface area contributed by atoms with Gasteiger partial charge in [-0.15, -0.1) is 5.10 Å². The number of nitrogens with one attached hydrogen (secondary N) is 1. The van der Waals surface area contributed by atoms with Crippen LogP contribution in [0.4, 0.5) is 0 Å². The Morgan fingerprint density at radius 3 is 2.82 bits per heavy atom. The number of rotatable bonds is 4. The van der Waals surface area contributed by atoms with Crippen molar-refractivity contribution in [1.82, 2.24) is 20.0 Å². The van der Waals surface area contributed by atoms with Crippen molar-refractivity contribution in [1.29, 1.82) is 5.26 Å². The molecule has 0 aliphatic carbocycles. The Bertz CT molecular complexity index is 844. The van der Waals surface area contributed by atoms with Crippen LogP contribution in [0, 0.1) is 11.3 Å². The van der Waals surface area contributed by atoms with Crippen LogP contribution in [0.25, 0.3) is 11.3 Å². The first-order chi connectivity index (χ1) is 10.7. The topological polar surface area (TPSA) is 70.3 Å². The molecule has 5 nitrogen and oxygen atoms in total. The Kier molecular flexibility index (Phi) is 4.14. The van der Waals surface area contributed by atoms with Crippen LogP contribution in [0.15, 0.2) is 36.7 Å². The van der Waals surface area contributed by atoms with Crippen molar-refractivity contribution in [2.45, 2.75) is 13.0 Å². The second-order valence-corrected chi connectivity index (χ2v) is 5.58. The highest BCUT2D eigenvalue weighted by Gasteiger charge is 2.10. The normalized spacial score (nSPS) is 10.6. The summed E-state index contributed by atoms with van der Waals surface area (Å²) in [6.45, 7) is 0.789. The molecule has 0 saturated heterocycles. The summed E-state index contributed by atoms with van der Waals surface area (Å²) < 4.78 is 2.04. The molecule has 0 bridgehead atoms. The quantitative estimate of drug-likeness (QED) is 0.792. The summed E-state index contributed by atoms with van der Waals surface area (Å²) in [5, 5.41) is 20.4. The van der Waals surface area contributed by atoms with E-state index in [-0.39, 0.29) is 0 Å². The van der Waals surface area contributed by atoms with Crippen LogP contribution in [0.5, 0.6) is 0 Å². The predicted molar refractivity (Wildman–Crippen MR) is 84.7 cm³/mol. The second kappa shape index (κ2) is 6.22. The van der Waals surface area contributed by atoms with Crippen LogP contribution < -0.4 is 0 Å². The van der Waals surface area contributed by atoms with E-state index in [1.165, 1.54) is 0 Å². The number of aromatic amines is 1. The molecule has 1 N–H and O–H groups in total. The number of hydrogen-bond acceptors (Lipinski definition) is 3. The molecule has 3 rings (SSSR count). The van der Waals surface area contributed by atoms with E-state index in [2.05, 4.69) is 15.4 Å². The fraction of sp³-hybridized carbons (Fsp3) is 0.133. The third-order valence-corrected chi connectivity index (χ3v) is 4.06. The van der Waals surface area contributed by atoms with Crippen LogP contribution in [-0.2, 0) is 13.0 Å². The van der Waals surface area contributed by atoms with Crippen LogP contribution >= 0.6 is 23.2 Å². The SMILES string of the molecule is N#Cc1n[nH]nc1-c1ccn(CCc2ccc(Cl)c(Cl)c2)c1. The van der Waals surface area contributed by atoms with Gasteiger partial charge in [0.1, 0.15) is 11.8 Å². The molecule has 0 aliphatic rings. The summed E-state index contributed by atoms with van der Waals surface area (Å²) in [7, 11) is 0. The smallest absolute Gasteiger partial charge is 0.190 e. The van der Waals surface area contributed by atoms with Gasteiger partial charge in [-0.2, -0.15) is 15.6 Å². The van der Waals surface area contributed by atoms with Crippen LogP contribution in [0.3, 0.4) is 0 Å². The van der Waals surface area contributed by atoms with Gasteiger partial charge in [0.15, 0.2) is 5.69 Å². The predicted octanol–water partition coefficient (Wildman–Crippen LogP) is 3.69. The number of aromatic nitrogens is 4. The van der Waals surface area contributed by atoms with Crippen molar-refractivity contribution >= 4 is 23.2 Å². The van der Waals surface area contributed by atoms with E-state index in [1.54, 1.807) is 6.07 Å². The first kappa shape index (κ1) is 14.6.